The molecule has 2 fully saturated rings. The number of carbonyl (C=O) groups is 1. The second kappa shape index (κ2) is 11.3. The molecule has 0 atom stereocenters. The Morgan fingerprint density at radius 3 is 2.66 bits per heavy atom. The summed E-state index contributed by atoms with van der Waals surface area (Å²) in [5, 5.41) is 3.30. The quantitative estimate of drug-likeness (QED) is 0.309. The molecule has 1 aliphatic heterocycles. The maximum Gasteiger partial charge on any atom is 0.410 e. The van der Waals surface area contributed by atoms with Gasteiger partial charge in [-0.15, -0.1) is 0 Å². The van der Waals surface area contributed by atoms with Gasteiger partial charge in [-0.2, -0.15) is 0 Å². The molecule has 41 heavy (non-hydrogen) atoms. The number of hydrogen-bond acceptors (Lipinski definition) is 9. The molecule has 214 valence electrons. The minimum absolute atomic E-state index is 0.245. The average Bonchev–Trinajstić information content (AvgIpc) is 3.69. The summed E-state index contributed by atoms with van der Waals surface area (Å²) in [7, 11) is 0. The van der Waals surface area contributed by atoms with Crippen LogP contribution in [0, 0.1) is 5.92 Å². The normalized spacial score (nSPS) is 16.1. The minimum atomic E-state index is -0.484. The Balaban J connectivity index is 1.07. The number of amides is 1. The van der Waals surface area contributed by atoms with E-state index in [-0.39, 0.29) is 6.09 Å². The number of anilines is 2. The summed E-state index contributed by atoms with van der Waals surface area (Å²) in [5.74, 6) is 2.59. The molecule has 0 bridgehead atoms. The summed E-state index contributed by atoms with van der Waals surface area (Å²) < 4.78 is 11.3. The Morgan fingerprint density at radius 1 is 1.05 bits per heavy atom. The molecule has 0 radical (unpaired) electrons. The van der Waals surface area contributed by atoms with Gasteiger partial charge < -0.3 is 24.7 Å². The lowest BCUT2D eigenvalue weighted by Gasteiger charge is -2.35. The standard InChI is InChI=1S/C30H36N8O3/c1-30(2,3)41-29(39)38-12-10-37(11-13-38)17-21-8-9-31-26(14-21)36-28-34-23-7-6-22(15-25(23)35-28)24-16-27(33-19-32-24)40-18-20-4-5-20/h6-9,14-16,19-20H,4-5,10-13,17-18H2,1-3H3,(H2,31,34,35,36). The number of fused-ring (bicyclic) bond motifs is 1. The highest BCUT2D eigenvalue weighted by atomic mass is 16.6. The van der Waals surface area contributed by atoms with Gasteiger partial charge in [-0.3, -0.25) is 4.90 Å². The first-order valence-electron chi connectivity index (χ1n) is 14.1. The van der Waals surface area contributed by atoms with Crippen molar-refractivity contribution in [1.29, 1.82) is 0 Å². The van der Waals surface area contributed by atoms with Crippen molar-refractivity contribution in [3.8, 4) is 17.1 Å². The maximum atomic E-state index is 12.4. The fraction of sp³-hybridized carbons (Fsp3) is 0.433. The van der Waals surface area contributed by atoms with Crippen molar-refractivity contribution in [2.24, 2.45) is 5.92 Å². The zero-order valence-electron chi connectivity index (χ0n) is 23.8. The van der Waals surface area contributed by atoms with Crippen molar-refractivity contribution < 1.29 is 14.3 Å². The topological polar surface area (TPSA) is 121 Å². The van der Waals surface area contributed by atoms with Crippen LogP contribution >= 0.6 is 0 Å². The molecule has 2 aliphatic rings. The van der Waals surface area contributed by atoms with Crippen LogP contribution in [0.3, 0.4) is 0 Å². The van der Waals surface area contributed by atoms with Gasteiger partial charge in [-0.05, 0) is 69.4 Å². The summed E-state index contributed by atoms with van der Waals surface area (Å²) in [6, 6.07) is 11.9. The minimum Gasteiger partial charge on any atom is -0.477 e. The van der Waals surface area contributed by atoms with Crippen LogP contribution in [-0.2, 0) is 11.3 Å². The third-order valence-electron chi connectivity index (χ3n) is 7.08. The molecular formula is C30H36N8O3. The number of piperazine rings is 1. The first kappa shape index (κ1) is 26.9. The fourth-order valence-electron chi connectivity index (χ4n) is 4.73. The lowest BCUT2D eigenvalue weighted by molar-refractivity contribution is 0.0139. The monoisotopic (exact) mass is 556 g/mol. The van der Waals surface area contributed by atoms with Crippen LogP contribution in [0.5, 0.6) is 5.88 Å². The molecule has 4 aromatic rings. The van der Waals surface area contributed by atoms with E-state index < -0.39 is 5.60 Å². The largest absolute Gasteiger partial charge is 0.477 e. The van der Waals surface area contributed by atoms with Crippen LogP contribution in [0.15, 0.2) is 48.9 Å². The second-order valence-electron chi connectivity index (χ2n) is 11.7. The van der Waals surface area contributed by atoms with Crippen molar-refractivity contribution in [2.45, 2.75) is 45.8 Å². The first-order chi connectivity index (χ1) is 19.8. The third-order valence-corrected chi connectivity index (χ3v) is 7.08. The van der Waals surface area contributed by atoms with Gasteiger partial charge in [-0.25, -0.2) is 24.7 Å². The summed E-state index contributed by atoms with van der Waals surface area (Å²) in [4.78, 5) is 37.7. The number of nitrogens with one attached hydrogen (secondary N) is 2. The number of ether oxygens (including phenoxy) is 2. The highest BCUT2D eigenvalue weighted by molar-refractivity contribution is 5.83. The zero-order chi connectivity index (χ0) is 28.4. The Labute approximate surface area is 239 Å². The van der Waals surface area contributed by atoms with E-state index >= 15 is 0 Å². The number of H-pyrrole nitrogens is 1. The number of hydrogen-bond donors (Lipinski definition) is 2. The highest BCUT2D eigenvalue weighted by Gasteiger charge is 2.26. The van der Waals surface area contributed by atoms with Gasteiger partial charge in [0.25, 0.3) is 0 Å². The van der Waals surface area contributed by atoms with Crippen molar-refractivity contribution in [3.05, 3.63) is 54.5 Å². The SMILES string of the molecule is CC(C)(C)OC(=O)N1CCN(Cc2ccnc(Nc3nc4ccc(-c5cc(OCC6CC6)ncn5)cc4[nH]3)c2)CC1. The van der Waals surface area contributed by atoms with Crippen LogP contribution in [0.2, 0.25) is 0 Å². The molecule has 0 spiro atoms. The van der Waals surface area contributed by atoms with E-state index in [9.17, 15) is 4.79 Å². The van der Waals surface area contributed by atoms with Crippen molar-refractivity contribution in [3.63, 3.8) is 0 Å². The molecule has 6 rings (SSSR count). The maximum absolute atomic E-state index is 12.4. The van der Waals surface area contributed by atoms with E-state index in [1.165, 1.54) is 12.8 Å². The number of rotatable bonds is 8. The van der Waals surface area contributed by atoms with E-state index in [4.69, 9.17) is 9.47 Å². The summed E-state index contributed by atoms with van der Waals surface area (Å²) in [5.41, 5.74) is 4.14. The molecule has 11 heteroatoms. The van der Waals surface area contributed by atoms with Crippen molar-refractivity contribution >= 4 is 28.9 Å². The first-order valence-corrected chi connectivity index (χ1v) is 14.1. The number of aromatic amines is 1. The predicted octanol–water partition coefficient (Wildman–Crippen LogP) is 5.00. The van der Waals surface area contributed by atoms with Gasteiger partial charge in [-0.1, -0.05) is 6.07 Å². The third kappa shape index (κ3) is 7.10. The van der Waals surface area contributed by atoms with E-state index in [1.54, 1.807) is 17.4 Å². The van der Waals surface area contributed by atoms with Crippen LogP contribution in [-0.4, -0.2) is 79.2 Å². The highest BCUT2D eigenvalue weighted by Crippen LogP contribution is 2.30. The molecule has 3 aromatic heterocycles. The molecular weight excluding hydrogens is 520 g/mol. The predicted molar refractivity (Wildman–Crippen MR) is 156 cm³/mol. The number of carbonyl (C=O) groups excluding carboxylic acids is 1. The Bertz CT molecular complexity index is 1520. The van der Waals surface area contributed by atoms with Crippen molar-refractivity contribution in [2.75, 3.05) is 38.1 Å². The van der Waals surface area contributed by atoms with Crippen molar-refractivity contribution in [1.82, 2.24) is 34.7 Å². The van der Waals surface area contributed by atoms with Gasteiger partial charge in [0.1, 0.15) is 17.7 Å². The molecule has 1 amide bonds. The number of aromatic nitrogens is 5. The van der Waals surface area contributed by atoms with Gasteiger partial charge in [0.2, 0.25) is 11.8 Å². The molecule has 2 N–H and O–H groups in total. The number of benzene rings is 1. The number of nitrogens with zero attached hydrogens (tertiary/aromatic N) is 6. The van der Waals surface area contributed by atoms with Crippen LogP contribution in [0.25, 0.3) is 22.3 Å². The molecule has 0 unspecified atom stereocenters. The van der Waals surface area contributed by atoms with Gasteiger partial charge in [0.15, 0.2) is 0 Å². The lowest BCUT2D eigenvalue weighted by atomic mass is 10.1. The number of imidazole rings is 1. The molecule has 1 saturated heterocycles. The van der Waals surface area contributed by atoms with E-state index in [2.05, 4.69) is 35.1 Å². The second-order valence-corrected chi connectivity index (χ2v) is 11.7. The van der Waals surface area contributed by atoms with E-state index in [0.29, 0.717) is 43.3 Å². The number of pyridine rings is 1. The molecule has 1 saturated carbocycles. The Kier molecular flexibility index (Phi) is 7.44. The zero-order valence-corrected chi connectivity index (χ0v) is 23.8. The van der Waals surface area contributed by atoms with Crippen LogP contribution in [0.1, 0.15) is 39.2 Å². The Hall–Kier alpha value is -4.25. The van der Waals surface area contributed by atoms with Gasteiger partial charge in [0.05, 0.1) is 23.3 Å². The molecule has 1 aromatic carbocycles. The fourth-order valence-corrected chi connectivity index (χ4v) is 4.73. The van der Waals surface area contributed by atoms with Crippen LogP contribution < -0.4 is 10.1 Å². The Morgan fingerprint density at radius 2 is 1.88 bits per heavy atom. The smallest absolute Gasteiger partial charge is 0.410 e. The van der Waals surface area contributed by atoms with Crippen LogP contribution in [0.4, 0.5) is 16.6 Å². The van der Waals surface area contributed by atoms with E-state index in [0.717, 1.165) is 47.5 Å². The van der Waals surface area contributed by atoms with Gasteiger partial charge in [0, 0.05) is 50.6 Å². The molecule has 4 heterocycles. The lowest BCUT2D eigenvalue weighted by Crippen LogP contribution is -2.49. The van der Waals surface area contributed by atoms with E-state index in [1.807, 2.05) is 57.2 Å². The summed E-state index contributed by atoms with van der Waals surface area (Å²) in [6.45, 7) is 10.0. The summed E-state index contributed by atoms with van der Waals surface area (Å²) in [6.07, 6.45) is 5.57. The molecule has 1 aliphatic carbocycles. The summed E-state index contributed by atoms with van der Waals surface area (Å²) >= 11 is 0. The van der Waals surface area contributed by atoms with Gasteiger partial charge >= 0.3 is 6.09 Å². The average molecular weight is 557 g/mol. The molecule has 11 nitrogen and oxygen atoms in total.